The quantitative estimate of drug-likeness (QED) is 0.273. The summed E-state index contributed by atoms with van der Waals surface area (Å²) in [6.07, 6.45) is 7.67. The first-order valence-electron chi connectivity index (χ1n) is 16.3. The topological polar surface area (TPSA) is 122 Å². The molecule has 2 amide bonds. The van der Waals surface area contributed by atoms with Gasteiger partial charge in [-0.05, 0) is 51.5 Å². The molecule has 0 aliphatic carbocycles. The lowest BCUT2D eigenvalue weighted by atomic mass is 10.0. The largest absolute Gasteiger partial charge is 0.490 e. The van der Waals surface area contributed by atoms with Crippen LogP contribution in [0.3, 0.4) is 0 Å². The number of nitrogens with one attached hydrogen (secondary N) is 1. The fraction of sp³-hybridized carbons (Fsp3) is 0.500. The van der Waals surface area contributed by atoms with Crippen LogP contribution in [0.15, 0.2) is 43.0 Å². The molecule has 12 nitrogen and oxygen atoms in total. The molecule has 0 unspecified atom stereocenters. The predicted molar refractivity (Wildman–Crippen MR) is 174 cm³/mol. The normalized spacial score (nSPS) is 15.2. The molecule has 4 heterocycles. The third-order valence-corrected chi connectivity index (χ3v) is 8.57. The molecule has 1 saturated heterocycles. The van der Waals surface area contributed by atoms with Crippen LogP contribution in [0.25, 0.3) is 0 Å². The van der Waals surface area contributed by atoms with E-state index in [1.54, 1.807) is 11.1 Å². The van der Waals surface area contributed by atoms with Gasteiger partial charge in [0.1, 0.15) is 29.7 Å². The number of rotatable bonds is 12. The number of hydrogen-bond acceptors (Lipinski definition) is 10. The number of methoxy groups -OCH3 is 1. The van der Waals surface area contributed by atoms with E-state index in [0.717, 1.165) is 62.3 Å². The van der Waals surface area contributed by atoms with Crippen molar-refractivity contribution in [2.24, 2.45) is 0 Å². The summed E-state index contributed by atoms with van der Waals surface area (Å²) in [4.78, 5) is 44.1. The summed E-state index contributed by atoms with van der Waals surface area (Å²) in [6.45, 7) is 10.6. The van der Waals surface area contributed by atoms with E-state index in [4.69, 9.17) is 9.47 Å². The molecule has 1 fully saturated rings. The zero-order valence-electron chi connectivity index (χ0n) is 27.6. The highest BCUT2D eigenvalue weighted by Gasteiger charge is 2.28. The summed E-state index contributed by atoms with van der Waals surface area (Å²) in [5.41, 5.74) is 2.35. The van der Waals surface area contributed by atoms with Crippen molar-refractivity contribution in [1.82, 2.24) is 30.1 Å². The van der Waals surface area contributed by atoms with E-state index in [0.29, 0.717) is 37.7 Å². The van der Waals surface area contributed by atoms with E-state index in [1.807, 2.05) is 33.0 Å². The molecule has 5 rings (SSSR count). The lowest BCUT2D eigenvalue weighted by Gasteiger charge is -2.35. The van der Waals surface area contributed by atoms with Gasteiger partial charge in [0.25, 0.3) is 5.91 Å². The molecule has 0 bridgehead atoms. The summed E-state index contributed by atoms with van der Waals surface area (Å²) >= 11 is 0. The molecule has 2 aliphatic rings. The first-order chi connectivity index (χ1) is 22.8. The van der Waals surface area contributed by atoms with Crippen molar-refractivity contribution in [3.8, 4) is 17.2 Å². The first-order valence-corrected chi connectivity index (χ1v) is 16.3. The zero-order valence-corrected chi connectivity index (χ0v) is 27.6. The van der Waals surface area contributed by atoms with Crippen LogP contribution in [0, 0.1) is 5.82 Å². The molecule has 2 aromatic heterocycles. The van der Waals surface area contributed by atoms with E-state index in [1.165, 1.54) is 31.6 Å². The number of hydrogen-bond donors (Lipinski definition) is 1. The number of fused-ring (bicyclic) bond motifs is 1. The maximum Gasteiger partial charge on any atom is 0.406 e. The van der Waals surface area contributed by atoms with E-state index >= 15 is 0 Å². The Bertz CT molecular complexity index is 1530. The third-order valence-electron chi connectivity index (χ3n) is 8.57. The Hall–Kier alpha value is -4.52. The van der Waals surface area contributed by atoms with E-state index in [2.05, 4.69) is 34.8 Å². The smallest absolute Gasteiger partial charge is 0.406 e. The zero-order chi connectivity index (χ0) is 33.3. The molecule has 47 heavy (non-hydrogen) atoms. The average molecular weight is 650 g/mol. The van der Waals surface area contributed by atoms with Gasteiger partial charge < -0.3 is 29.3 Å². The van der Waals surface area contributed by atoms with Gasteiger partial charge in [0.2, 0.25) is 0 Å². The number of benzene rings is 1. The number of halogens is 1. The van der Waals surface area contributed by atoms with Crippen molar-refractivity contribution < 1.29 is 28.2 Å². The molecule has 252 valence electrons. The summed E-state index contributed by atoms with van der Waals surface area (Å²) in [5.74, 6) is 1.31. The summed E-state index contributed by atoms with van der Waals surface area (Å²) < 4.78 is 31.8. The SMILES string of the molecule is CCN(C(=O)c1cc(F)ccc1Oc1cncnc1N1CCC(Oc2ccnc3c2CN(CCCNC(=O)OC)CC3)CC1)C(C)C. The van der Waals surface area contributed by atoms with Crippen molar-refractivity contribution >= 4 is 17.8 Å². The summed E-state index contributed by atoms with van der Waals surface area (Å²) in [6, 6.07) is 5.87. The van der Waals surface area contributed by atoms with Gasteiger partial charge in [-0.2, -0.15) is 0 Å². The number of piperidine rings is 1. The standard InChI is InChI=1S/C34H44FN7O5/c1-5-42(23(2)3)33(43)26-19-24(35)7-8-29(26)47-31-20-36-22-39-32(31)41-17-10-25(11-18-41)46-30-9-14-37-28-12-16-40(21-27(28)30)15-6-13-38-34(44)45-4/h7-9,14,19-20,22-23,25H,5-6,10-13,15-18,21H2,1-4H3,(H,38,44). The predicted octanol–water partition coefficient (Wildman–Crippen LogP) is 4.83. The number of ether oxygens (including phenoxy) is 3. The van der Waals surface area contributed by atoms with Crippen LogP contribution in [0.5, 0.6) is 17.2 Å². The maximum atomic E-state index is 14.3. The maximum absolute atomic E-state index is 14.3. The van der Waals surface area contributed by atoms with Crippen molar-refractivity contribution in [2.75, 3.05) is 51.3 Å². The Morgan fingerprint density at radius 1 is 1.11 bits per heavy atom. The highest BCUT2D eigenvalue weighted by Crippen LogP contribution is 2.35. The molecule has 1 N–H and O–H groups in total. The van der Waals surface area contributed by atoms with Gasteiger partial charge in [0, 0.05) is 88.6 Å². The number of carbonyl (C=O) groups is 2. The molecule has 13 heteroatoms. The Kier molecular flexibility index (Phi) is 11.4. The molecule has 1 aromatic carbocycles. The van der Waals surface area contributed by atoms with E-state index < -0.39 is 11.9 Å². The minimum Gasteiger partial charge on any atom is -0.490 e. The summed E-state index contributed by atoms with van der Waals surface area (Å²) in [7, 11) is 1.36. The van der Waals surface area contributed by atoms with Crippen molar-refractivity contribution in [1.29, 1.82) is 0 Å². The summed E-state index contributed by atoms with van der Waals surface area (Å²) in [5, 5.41) is 2.73. The number of amides is 2. The Morgan fingerprint density at radius 3 is 2.66 bits per heavy atom. The molecule has 3 aromatic rings. The fourth-order valence-corrected chi connectivity index (χ4v) is 6.09. The van der Waals surface area contributed by atoms with Crippen LogP contribution in [-0.2, 0) is 17.7 Å². The molecule has 0 saturated carbocycles. The number of anilines is 1. The van der Waals surface area contributed by atoms with Gasteiger partial charge in [-0.3, -0.25) is 14.7 Å². The van der Waals surface area contributed by atoms with Crippen LogP contribution < -0.4 is 19.7 Å². The minimum absolute atomic E-state index is 0.0148. The highest BCUT2D eigenvalue weighted by molar-refractivity contribution is 5.97. The average Bonchev–Trinajstić information content (AvgIpc) is 3.08. The molecule has 0 radical (unpaired) electrons. The lowest BCUT2D eigenvalue weighted by molar-refractivity contribution is 0.0713. The van der Waals surface area contributed by atoms with Crippen LogP contribution in [0.4, 0.5) is 15.0 Å². The van der Waals surface area contributed by atoms with E-state index in [9.17, 15) is 14.0 Å². The Morgan fingerprint density at radius 2 is 1.91 bits per heavy atom. The second kappa shape index (κ2) is 15.9. The number of carbonyl (C=O) groups excluding carboxylic acids is 2. The van der Waals surface area contributed by atoms with Crippen LogP contribution in [0.1, 0.15) is 61.6 Å². The minimum atomic E-state index is -0.511. The van der Waals surface area contributed by atoms with Crippen LogP contribution >= 0.6 is 0 Å². The Balaban J connectivity index is 1.22. The molecular weight excluding hydrogens is 605 g/mol. The number of nitrogens with zero attached hydrogens (tertiary/aromatic N) is 6. The highest BCUT2D eigenvalue weighted by atomic mass is 19.1. The molecule has 0 atom stereocenters. The second-order valence-corrected chi connectivity index (χ2v) is 12.0. The molecular formula is C34H44FN7O5. The molecule has 2 aliphatic heterocycles. The van der Waals surface area contributed by atoms with Gasteiger partial charge in [0.15, 0.2) is 11.6 Å². The van der Waals surface area contributed by atoms with E-state index in [-0.39, 0.29) is 29.4 Å². The molecule has 0 spiro atoms. The number of alkyl carbamates (subject to hydrolysis) is 1. The third kappa shape index (κ3) is 8.45. The van der Waals surface area contributed by atoms with Gasteiger partial charge >= 0.3 is 6.09 Å². The van der Waals surface area contributed by atoms with Crippen molar-refractivity contribution in [2.45, 2.75) is 65.1 Å². The van der Waals surface area contributed by atoms with Crippen LogP contribution in [-0.4, -0.2) is 95.3 Å². The second-order valence-electron chi connectivity index (χ2n) is 12.0. The first kappa shape index (κ1) is 33.8. The van der Waals surface area contributed by atoms with Crippen molar-refractivity contribution in [3.05, 3.63) is 65.6 Å². The number of aromatic nitrogens is 3. The van der Waals surface area contributed by atoms with Crippen molar-refractivity contribution in [3.63, 3.8) is 0 Å². The van der Waals surface area contributed by atoms with Gasteiger partial charge in [0.05, 0.1) is 18.9 Å². The van der Waals surface area contributed by atoms with Gasteiger partial charge in [-0.25, -0.2) is 19.2 Å². The van der Waals surface area contributed by atoms with Gasteiger partial charge in [-0.15, -0.1) is 0 Å². The van der Waals surface area contributed by atoms with Gasteiger partial charge in [-0.1, -0.05) is 0 Å². The number of pyridine rings is 1. The van der Waals surface area contributed by atoms with Crippen LogP contribution in [0.2, 0.25) is 0 Å². The fourth-order valence-electron chi connectivity index (χ4n) is 6.09. The monoisotopic (exact) mass is 649 g/mol. The Labute approximate surface area is 275 Å². The lowest BCUT2D eigenvalue weighted by Crippen LogP contribution is -2.39.